The van der Waals surface area contributed by atoms with Gasteiger partial charge in [0.15, 0.2) is 11.5 Å². The molecule has 5 nitrogen and oxygen atoms in total. The number of carbonyl (C=O) groups excluding carboxylic acids is 3. The van der Waals surface area contributed by atoms with Crippen molar-refractivity contribution in [2.75, 3.05) is 13.2 Å². The first kappa shape index (κ1) is 34.0. The molecule has 6 heteroatoms. The van der Waals surface area contributed by atoms with E-state index in [9.17, 15) is 14.4 Å². The van der Waals surface area contributed by atoms with Crippen LogP contribution >= 0.6 is 11.6 Å². The minimum Gasteiger partial charge on any atom is -0.489 e. The molecule has 2 aliphatic rings. The number of halogens is 1. The Morgan fingerprint density at radius 1 is 0.705 bits per heavy atom. The van der Waals surface area contributed by atoms with Gasteiger partial charge in [-0.1, -0.05) is 106 Å². The highest BCUT2D eigenvalue weighted by atomic mass is 35.5. The van der Waals surface area contributed by atoms with Gasteiger partial charge in [-0.05, 0) is 75.0 Å². The number of fused-ring (bicyclic) bond motifs is 1. The van der Waals surface area contributed by atoms with E-state index in [1.54, 1.807) is 12.1 Å². The van der Waals surface area contributed by atoms with E-state index < -0.39 is 0 Å². The average molecular weight is 621 g/mol. The van der Waals surface area contributed by atoms with Crippen LogP contribution in [-0.2, 0) is 14.3 Å². The zero-order chi connectivity index (χ0) is 31.1. The van der Waals surface area contributed by atoms with Crippen LogP contribution in [0, 0.1) is 5.92 Å². The van der Waals surface area contributed by atoms with E-state index in [1.807, 2.05) is 31.2 Å². The molecule has 1 fully saturated rings. The second kappa shape index (κ2) is 18.1. The van der Waals surface area contributed by atoms with Crippen LogP contribution in [0.15, 0.2) is 59.9 Å². The molecular weight excluding hydrogens is 572 g/mol. The molecule has 0 unspecified atom stereocenters. The van der Waals surface area contributed by atoms with E-state index in [1.165, 1.54) is 44.1 Å². The van der Waals surface area contributed by atoms with Crippen molar-refractivity contribution in [1.29, 1.82) is 0 Å². The maximum Gasteiger partial charge on any atom is 0.305 e. The summed E-state index contributed by atoms with van der Waals surface area (Å²) in [5.41, 5.74) is 2.86. The minimum absolute atomic E-state index is 0.0378. The maximum atomic E-state index is 13.7. The molecule has 1 saturated carbocycles. The van der Waals surface area contributed by atoms with Gasteiger partial charge in [0, 0.05) is 28.1 Å². The molecule has 4 rings (SSSR count). The van der Waals surface area contributed by atoms with E-state index >= 15 is 0 Å². The van der Waals surface area contributed by atoms with Gasteiger partial charge in [-0.2, -0.15) is 0 Å². The van der Waals surface area contributed by atoms with Crippen LogP contribution in [0.4, 0.5) is 0 Å². The molecule has 0 bridgehead atoms. The number of ether oxygens (including phenoxy) is 2. The summed E-state index contributed by atoms with van der Waals surface area (Å²) < 4.78 is 11.2. The van der Waals surface area contributed by atoms with E-state index in [4.69, 9.17) is 21.1 Å². The fraction of sp³-hybridized carbons (Fsp3) is 0.553. The Labute approximate surface area is 268 Å². The first-order valence-corrected chi connectivity index (χ1v) is 17.3. The molecule has 0 aromatic heterocycles. The molecule has 0 spiro atoms. The zero-order valence-corrected chi connectivity index (χ0v) is 27.2. The molecule has 2 aliphatic carbocycles. The highest BCUT2D eigenvalue weighted by Gasteiger charge is 2.38. The summed E-state index contributed by atoms with van der Waals surface area (Å²) in [6.07, 6.45) is 16.7. The first-order chi connectivity index (χ1) is 21.5. The van der Waals surface area contributed by atoms with Gasteiger partial charge in [0.25, 0.3) is 0 Å². The lowest BCUT2D eigenvalue weighted by Gasteiger charge is -2.32. The lowest BCUT2D eigenvalue weighted by Crippen LogP contribution is -2.29. The molecule has 0 amide bonds. The molecule has 0 heterocycles. The van der Waals surface area contributed by atoms with Gasteiger partial charge in [-0.25, -0.2) is 0 Å². The Morgan fingerprint density at radius 3 is 1.82 bits per heavy atom. The lowest BCUT2D eigenvalue weighted by molar-refractivity contribution is -0.143. The van der Waals surface area contributed by atoms with E-state index in [0.717, 1.165) is 62.8 Å². The second-order valence-electron chi connectivity index (χ2n) is 12.3. The summed E-state index contributed by atoms with van der Waals surface area (Å²) in [4.78, 5) is 38.7. The van der Waals surface area contributed by atoms with Crippen LogP contribution in [0.2, 0.25) is 5.02 Å². The number of rotatable bonds is 18. The molecule has 0 N–H and O–H groups in total. The number of benzene rings is 2. The van der Waals surface area contributed by atoms with Gasteiger partial charge in [0.05, 0.1) is 13.2 Å². The molecule has 2 aromatic carbocycles. The Balaban J connectivity index is 1.19. The van der Waals surface area contributed by atoms with Crippen molar-refractivity contribution in [3.05, 3.63) is 81.6 Å². The smallest absolute Gasteiger partial charge is 0.305 e. The molecule has 0 radical (unpaired) electrons. The molecular formula is C38H49ClO5. The number of ketones is 2. The summed E-state index contributed by atoms with van der Waals surface area (Å²) in [6, 6.07) is 15.3. The number of carbonyl (C=O) groups is 3. The predicted octanol–water partition coefficient (Wildman–Crippen LogP) is 10.2. The molecule has 2 aromatic rings. The van der Waals surface area contributed by atoms with Gasteiger partial charge >= 0.3 is 5.97 Å². The summed E-state index contributed by atoms with van der Waals surface area (Å²) >= 11 is 6.09. The Morgan fingerprint density at radius 2 is 1.23 bits per heavy atom. The minimum atomic E-state index is -0.143. The number of unbranched alkanes of at least 4 members (excludes halogenated alkanes) is 10. The first-order valence-electron chi connectivity index (χ1n) is 17.0. The SMILES string of the molecule is CCOC(=O)CCCCCCCCCCCCCOC1=C([C@H]2CC[C@H](c3ccc(Cl)cc3)CC2)C(=O)c2ccccc2C1=O. The van der Waals surface area contributed by atoms with Crippen molar-refractivity contribution >= 4 is 29.1 Å². The van der Waals surface area contributed by atoms with Crippen LogP contribution in [0.1, 0.15) is 142 Å². The highest BCUT2D eigenvalue weighted by Crippen LogP contribution is 2.42. The van der Waals surface area contributed by atoms with Gasteiger partial charge < -0.3 is 9.47 Å². The summed E-state index contributed by atoms with van der Waals surface area (Å²) in [6.45, 7) is 2.78. The third kappa shape index (κ3) is 9.79. The van der Waals surface area contributed by atoms with Gasteiger partial charge in [0.2, 0.25) is 5.78 Å². The highest BCUT2D eigenvalue weighted by molar-refractivity contribution is 6.30. The number of hydrogen-bond acceptors (Lipinski definition) is 5. The van der Waals surface area contributed by atoms with Crippen molar-refractivity contribution in [2.45, 2.75) is 116 Å². The summed E-state index contributed by atoms with van der Waals surface area (Å²) in [7, 11) is 0. The summed E-state index contributed by atoms with van der Waals surface area (Å²) in [5.74, 6) is 0.521. The Kier molecular flexibility index (Phi) is 14.0. The normalized spacial score (nSPS) is 18.3. The predicted molar refractivity (Wildman–Crippen MR) is 176 cm³/mol. The van der Waals surface area contributed by atoms with Gasteiger partial charge in [-0.15, -0.1) is 0 Å². The van der Waals surface area contributed by atoms with E-state index in [0.29, 0.717) is 48.0 Å². The third-order valence-corrected chi connectivity index (χ3v) is 9.42. The number of esters is 1. The van der Waals surface area contributed by atoms with Crippen molar-refractivity contribution in [1.82, 2.24) is 0 Å². The number of hydrogen-bond donors (Lipinski definition) is 0. The van der Waals surface area contributed by atoms with E-state index in [-0.39, 0.29) is 23.5 Å². The Bertz CT molecular complexity index is 1260. The zero-order valence-electron chi connectivity index (χ0n) is 26.4. The van der Waals surface area contributed by atoms with Gasteiger partial charge in [-0.3, -0.25) is 14.4 Å². The van der Waals surface area contributed by atoms with Crippen molar-refractivity contribution in [3.63, 3.8) is 0 Å². The fourth-order valence-corrected chi connectivity index (χ4v) is 6.83. The van der Waals surface area contributed by atoms with E-state index in [2.05, 4.69) is 12.1 Å². The quantitative estimate of drug-likeness (QED) is 0.122. The van der Waals surface area contributed by atoms with Crippen LogP contribution < -0.4 is 0 Å². The standard InChI is InChI=1S/C38H49ClO5/c1-2-43-34(40)18-12-10-8-6-4-3-5-7-9-11-15-27-44-38-35(36(41)32-16-13-14-17-33(32)37(38)42)30-21-19-28(20-22-30)29-23-25-31(39)26-24-29/h13-14,16-17,23-26,28,30H,2-12,15,18-22,27H2,1H3/t28-,30-. The molecule has 44 heavy (non-hydrogen) atoms. The third-order valence-electron chi connectivity index (χ3n) is 9.17. The fourth-order valence-electron chi connectivity index (χ4n) is 6.71. The van der Waals surface area contributed by atoms with Crippen LogP contribution in [0.25, 0.3) is 0 Å². The topological polar surface area (TPSA) is 69.7 Å². The van der Waals surface area contributed by atoms with Crippen molar-refractivity contribution in [3.8, 4) is 0 Å². The van der Waals surface area contributed by atoms with Crippen LogP contribution in [0.3, 0.4) is 0 Å². The second-order valence-corrected chi connectivity index (χ2v) is 12.8. The average Bonchev–Trinajstić information content (AvgIpc) is 3.04. The van der Waals surface area contributed by atoms with Crippen LogP contribution in [0.5, 0.6) is 0 Å². The van der Waals surface area contributed by atoms with Gasteiger partial charge in [0.1, 0.15) is 0 Å². The molecule has 0 atom stereocenters. The lowest BCUT2D eigenvalue weighted by atomic mass is 9.72. The Hall–Kier alpha value is -2.92. The van der Waals surface area contributed by atoms with Crippen molar-refractivity contribution in [2.24, 2.45) is 5.92 Å². The maximum absolute atomic E-state index is 13.7. The molecule has 238 valence electrons. The van der Waals surface area contributed by atoms with Crippen LogP contribution in [-0.4, -0.2) is 30.7 Å². The van der Waals surface area contributed by atoms with Crippen molar-refractivity contribution < 1.29 is 23.9 Å². The molecule has 0 aliphatic heterocycles. The number of Topliss-reactive ketones (excluding diaryl/α,β-unsaturated/α-hetero) is 2. The largest absolute Gasteiger partial charge is 0.489 e. The molecule has 0 saturated heterocycles. The summed E-state index contributed by atoms with van der Waals surface area (Å²) in [5, 5.41) is 0.742. The number of allylic oxidation sites excluding steroid dienone is 2. The monoisotopic (exact) mass is 620 g/mol.